The summed E-state index contributed by atoms with van der Waals surface area (Å²) >= 11 is 0. The first-order valence-corrected chi connectivity index (χ1v) is 9.13. The van der Waals surface area contributed by atoms with Crippen LogP contribution in [0.4, 0.5) is 0 Å². The molecule has 0 bridgehead atoms. The van der Waals surface area contributed by atoms with Gasteiger partial charge in [-0.15, -0.1) is 0 Å². The van der Waals surface area contributed by atoms with Crippen LogP contribution in [0.15, 0.2) is 58.3 Å². The number of hydrogen-bond acceptors (Lipinski definition) is 5. The molecule has 6 heteroatoms. The van der Waals surface area contributed by atoms with Gasteiger partial charge in [0.15, 0.2) is 11.5 Å². The van der Waals surface area contributed by atoms with E-state index in [0.29, 0.717) is 17.1 Å². The molecular formula is C19H19NO4S. The third-order valence-electron chi connectivity index (χ3n) is 3.30. The van der Waals surface area contributed by atoms with Crippen molar-refractivity contribution in [1.82, 2.24) is 0 Å². The quantitative estimate of drug-likeness (QED) is 0.735. The first-order valence-electron chi connectivity index (χ1n) is 7.65. The molecule has 130 valence electrons. The van der Waals surface area contributed by atoms with Gasteiger partial charge in [0, 0.05) is 0 Å². The van der Waals surface area contributed by atoms with Gasteiger partial charge in [-0.05, 0) is 49.8 Å². The molecule has 0 aliphatic heterocycles. The van der Waals surface area contributed by atoms with Gasteiger partial charge in [-0.25, -0.2) is 8.42 Å². The fourth-order valence-electron chi connectivity index (χ4n) is 2.17. The van der Waals surface area contributed by atoms with E-state index in [4.69, 9.17) is 9.47 Å². The van der Waals surface area contributed by atoms with Gasteiger partial charge in [-0.1, -0.05) is 24.3 Å². The van der Waals surface area contributed by atoms with Crippen molar-refractivity contribution in [3.8, 4) is 17.6 Å². The highest BCUT2D eigenvalue weighted by molar-refractivity contribution is 7.95. The molecule has 0 spiro atoms. The Balaban J connectivity index is 2.45. The number of nitriles is 1. The fourth-order valence-corrected chi connectivity index (χ4v) is 3.35. The third kappa shape index (κ3) is 4.40. The first kappa shape index (κ1) is 18.6. The van der Waals surface area contributed by atoms with Crippen molar-refractivity contribution >= 4 is 15.9 Å². The predicted octanol–water partition coefficient (Wildman–Crippen LogP) is 3.82. The van der Waals surface area contributed by atoms with Gasteiger partial charge in [0.05, 0.1) is 18.1 Å². The highest BCUT2D eigenvalue weighted by atomic mass is 32.2. The molecule has 0 amide bonds. The Hall–Kier alpha value is -2.78. The second kappa shape index (κ2) is 7.86. The molecule has 0 unspecified atom stereocenters. The monoisotopic (exact) mass is 357 g/mol. The lowest BCUT2D eigenvalue weighted by Gasteiger charge is -2.14. The Morgan fingerprint density at radius 2 is 1.80 bits per heavy atom. The van der Waals surface area contributed by atoms with E-state index >= 15 is 0 Å². The molecule has 0 N–H and O–H groups in total. The zero-order valence-corrected chi connectivity index (χ0v) is 15.1. The molecule has 2 rings (SSSR count). The Labute approximate surface area is 148 Å². The van der Waals surface area contributed by atoms with Crippen LogP contribution in [0.1, 0.15) is 19.4 Å². The van der Waals surface area contributed by atoms with Crippen molar-refractivity contribution in [3.63, 3.8) is 0 Å². The second-order valence-electron chi connectivity index (χ2n) is 5.51. The number of hydrogen-bond donors (Lipinski definition) is 0. The number of nitrogens with zero attached hydrogens (tertiary/aromatic N) is 1. The molecule has 0 radical (unpaired) electrons. The molecule has 0 heterocycles. The molecule has 0 atom stereocenters. The van der Waals surface area contributed by atoms with Gasteiger partial charge in [0.1, 0.15) is 11.0 Å². The average molecular weight is 357 g/mol. The second-order valence-corrected chi connectivity index (χ2v) is 7.43. The Kier molecular flexibility index (Phi) is 5.84. The summed E-state index contributed by atoms with van der Waals surface area (Å²) in [5.74, 6) is 1.02. The summed E-state index contributed by atoms with van der Waals surface area (Å²) in [6.45, 7) is 3.79. The van der Waals surface area contributed by atoms with Crippen LogP contribution in [-0.4, -0.2) is 21.6 Å². The minimum absolute atomic E-state index is 0.0246. The number of allylic oxidation sites excluding steroid dienone is 1. The van der Waals surface area contributed by atoms with Crippen LogP contribution in [0.25, 0.3) is 6.08 Å². The molecule has 2 aromatic carbocycles. The number of rotatable bonds is 6. The summed E-state index contributed by atoms with van der Waals surface area (Å²) < 4.78 is 36.1. The van der Waals surface area contributed by atoms with Crippen LogP contribution in [0.2, 0.25) is 0 Å². The van der Waals surface area contributed by atoms with E-state index in [1.165, 1.54) is 25.3 Å². The van der Waals surface area contributed by atoms with Gasteiger partial charge in [0.2, 0.25) is 9.84 Å². The number of methoxy groups -OCH3 is 1. The van der Waals surface area contributed by atoms with Crippen molar-refractivity contribution < 1.29 is 17.9 Å². The van der Waals surface area contributed by atoms with Gasteiger partial charge in [0.25, 0.3) is 0 Å². The maximum atomic E-state index is 12.6. The van der Waals surface area contributed by atoms with Crippen LogP contribution in [-0.2, 0) is 9.84 Å². The van der Waals surface area contributed by atoms with E-state index < -0.39 is 9.84 Å². The van der Waals surface area contributed by atoms with Crippen LogP contribution in [0.5, 0.6) is 11.5 Å². The SMILES string of the molecule is COc1cc(/C=C(\C#N)S(=O)(=O)c2ccccc2)ccc1OC(C)C. The van der Waals surface area contributed by atoms with Crippen LogP contribution in [0.3, 0.4) is 0 Å². The first-order chi connectivity index (χ1) is 11.9. The van der Waals surface area contributed by atoms with Crippen molar-refractivity contribution in [1.29, 1.82) is 5.26 Å². The zero-order chi connectivity index (χ0) is 18.4. The summed E-state index contributed by atoms with van der Waals surface area (Å²) in [6, 6.07) is 14.6. The number of sulfone groups is 1. The number of ether oxygens (including phenoxy) is 2. The topological polar surface area (TPSA) is 76.4 Å². The van der Waals surface area contributed by atoms with Gasteiger partial charge < -0.3 is 9.47 Å². The molecule has 0 fully saturated rings. The molecule has 0 saturated carbocycles. The normalized spacial score (nSPS) is 11.9. The highest BCUT2D eigenvalue weighted by Gasteiger charge is 2.20. The molecule has 5 nitrogen and oxygen atoms in total. The standard InChI is InChI=1S/C19H19NO4S/c1-14(2)24-18-10-9-15(12-19(18)23-3)11-17(13-20)25(21,22)16-7-5-4-6-8-16/h4-12,14H,1-3H3/b17-11+. The number of benzene rings is 2. The van der Waals surface area contributed by atoms with E-state index in [9.17, 15) is 13.7 Å². The Bertz CT molecular complexity index is 910. The smallest absolute Gasteiger partial charge is 0.216 e. The van der Waals surface area contributed by atoms with Crippen molar-refractivity contribution in [2.45, 2.75) is 24.8 Å². The minimum Gasteiger partial charge on any atom is -0.493 e. The van der Waals surface area contributed by atoms with Gasteiger partial charge in [-0.2, -0.15) is 5.26 Å². The summed E-state index contributed by atoms with van der Waals surface area (Å²) in [7, 11) is -2.37. The summed E-state index contributed by atoms with van der Waals surface area (Å²) in [6.07, 6.45) is 1.30. The van der Waals surface area contributed by atoms with Crippen LogP contribution >= 0.6 is 0 Å². The van der Waals surface area contributed by atoms with E-state index in [2.05, 4.69) is 0 Å². The molecule has 0 aliphatic rings. The third-order valence-corrected chi connectivity index (χ3v) is 4.98. The van der Waals surface area contributed by atoms with E-state index in [-0.39, 0.29) is 15.9 Å². The lowest BCUT2D eigenvalue weighted by Crippen LogP contribution is -2.06. The highest BCUT2D eigenvalue weighted by Crippen LogP contribution is 2.30. The van der Waals surface area contributed by atoms with E-state index in [0.717, 1.165) is 0 Å². The molecule has 0 aliphatic carbocycles. The lowest BCUT2D eigenvalue weighted by molar-refractivity contribution is 0.230. The maximum absolute atomic E-state index is 12.6. The van der Waals surface area contributed by atoms with Gasteiger partial charge in [-0.3, -0.25) is 0 Å². The average Bonchev–Trinajstić information content (AvgIpc) is 2.60. The van der Waals surface area contributed by atoms with E-state index in [1.807, 2.05) is 13.8 Å². The molecular weight excluding hydrogens is 338 g/mol. The molecule has 0 aromatic heterocycles. The van der Waals surface area contributed by atoms with Crippen LogP contribution < -0.4 is 9.47 Å². The minimum atomic E-state index is -3.87. The largest absolute Gasteiger partial charge is 0.493 e. The summed E-state index contributed by atoms with van der Waals surface area (Å²) in [5, 5.41) is 9.33. The Morgan fingerprint density at radius 1 is 1.12 bits per heavy atom. The molecule has 0 saturated heterocycles. The van der Waals surface area contributed by atoms with Gasteiger partial charge >= 0.3 is 0 Å². The van der Waals surface area contributed by atoms with Crippen molar-refractivity contribution in [3.05, 3.63) is 59.0 Å². The maximum Gasteiger partial charge on any atom is 0.216 e. The lowest BCUT2D eigenvalue weighted by atomic mass is 10.2. The summed E-state index contributed by atoms with van der Waals surface area (Å²) in [4.78, 5) is -0.257. The predicted molar refractivity (Wildman–Crippen MR) is 96.0 cm³/mol. The van der Waals surface area contributed by atoms with Crippen molar-refractivity contribution in [2.24, 2.45) is 0 Å². The summed E-state index contributed by atoms with van der Waals surface area (Å²) in [5.41, 5.74) is 0.531. The zero-order valence-electron chi connectivity index (χ0n) is 14.3. The Morgan fingerprint density at radius 3 is 2.36 bits per heavy atom. The van der Waals surface area contributed by atoms with E-state index in [1.54, 1.807) is 42.5 Å². The molecule has 2 aromatic rings. The fraction of sp³-hybridized carbons (Fsp3) is 0.211. The van der Waals surface area contributed by atoms with Crippen molar-refractivity contribution in [2.75, 3.05) is 7.11 Å². The molecule has 25 heavy (non-hydrogen) atoms. The van der Waals surface area contributed by atoms with Crippen LogP contribution in [0, 0.1) is 11.3 Å².